The van der Waals surface area contributed by atoms with E-state index in [0.717, 1.165) is 12.1 Å². The van der Waals surface area contributed by atoms with E-state index in [1.54, 1.807) is 13.8 Å². The summed E-state index contributed by atoms with van der Waals surface area (Å²) < 4.78 is 38.4. The standard InChI is InChI=1S/C14H18ClF3N2O2/c1-8(2)20(7-9(3)21)13(22)19-10-4-5-12(15)11(6-10)14(16,17)18/h4-6,8-9,21H,7H2,1-3H3,(H,19,22). The zero-order valence-electron chi connectivity index (χ0n) is 12.4. The minimum atomic E-state index is -4.60. The maximum Gasteiger partial charge on any atom is 0.417 e. The summed E-state index contributed by atoms with van der Waals surface area (Å²) in [5.41, 5.74) is -1.03. The quantitative estimate of drug-likeness (QED) is 0.872. The molecule has 8 heteroatoms. The number of alkyl halides is 3. The molecule has 1 rings (SSSR count). The summed E-state index contributed by atoms with van der Waals surface area (Å²) in [7, 11) is 0. The van der Waals surface area contributed by atoms with E-state index in [4.69, 9.17) is 11.6 Å². The molecule has 2 N–H and O–H groups in total. The fraction of sp³-hybridized carbons (Fsp3) is 0.500. The van der Waals surface area contributed by atoms with Crippen molar-refractivity contribution in [3.8, 4) is 0 Å². The molecule has 2 amide bonds. The summed E-state index contributed by atoms with van der Waals surface area (Å²) in [4.78, 5) is 13.5. The van der Waals surface area contributed by atoms with E-state index in [9.17, 15) is 23.1 Å². The molecule has 0 bridgehead atoms. The van der Waals surface area contributed by atoms with Gasteiger partial charge in [-0.25, -0.2) is 4.79 Å². The first kappa shape index (κ1) is 18.6. The maximum absolute atomic E-state index is 12.8. The lowest BCUT2D eigenvalue weighted by Gasteiger charge is -2.28. The number of hydrogen-bond donors (Lipinski definition) is 2. The fourth-order valence-electron chi connectivity index (χ4n) is 1.83. The number of nitrogens with one attached hydrogen (secondary N) is 1. The number of aliphatic hydroxyl groups is 1. The largest absolute Gasteiger partial charge is 0.417 e. The Labute approximate surface area is 131 Å². The van der Waals surface area contributed by atoms with Gasteiger partial charge in [-0.2, -0.15) is 13.2 Å². The van der Waals surface area contributed by atoms with Crippen LogP contribution in [0.5, 0.6) is 0 Å². The summed E-state index contributed by atoms with van der Waals surface area (Å²) in [6.07, 6.45) is -5.35. The zero-order valence-corrected chi connectivity index (χ0v) is 13.2. The lowest BCUT2D eigenvalue weighted by molar-refractivity contribution is -0.137. The molecule has 4 nitrogen and oxygen atoms in total. The molecule has 0 fully saturated rings. The molecule has 1 aromatic carbocycles. The van der Waals surface area contributed by atoms with E-state index in [-0.39, 0.29) is 18.3 Å². The molecular formula is C14H18ClF3N2O2. The summed E-state index contributed by atoms with van der Waals surface area (Å²) in [5.74, 6) is 0. The van der Waals surface area contributed by atoms with Crippen LogP contribution in [0.1, 0.15) is 26.3 Å². The molecule has 124 valence electrons. The number of carbonyl (C=O) groups excluding carboxylic acids is 1. The number of urea groups is 1. The molecule has 0 aliphatic carbocycles. The number of anilines is 1. The second kappa shape index (κ2) is 7.19. The third kappa shape index (κ3) is 5.06. The summed E-state index contributed by atoms with van der Waals surface area (Å²) in [6.45, 7) is 5.08. The Morgan fingerprint density at radius 3 is 2.41 bits per heavy atom. The molecule has 22 heavy (non-hydrogen) atoms. The van der Waals surface area contributed by atoms with Crippen molar-refractivity contribution in [2.75, 3.05) is 11.9 Å². The molecule has 1 aromatic rings. The maximum atomic E-state index is 12.8. The van der Waals surface area contributed by atoms with Crippen LogP contribution in [-0.4, -0.2) is 34.7 Å². The smallest absolute Gasteiger partial charge is 0.392 e. The van der Waals surface area contributed by atoms with Gasteiger partial charge in [0, 0.05) is 18.3 Å². The fourth-order valence-corrected chi connectivity index (χ4v) is 2.05. The molecule has 0 spiro atoms. The summed E-state index contributed by atoms with van der Waals surface area (Å²) in [5, 5.41) is 11.3. The SMILES string of the molecule is CC(O)CN(C(=O)Nc1ccc(Cl)c(C(F)(F)F)c1)C(C)C. The zero-order chi connectivity index (χ0) is 17.1. The lowest BCUT2D eigenvalue weighted by Crippen LogP contribution is -2.43. The lowest BCUT2D eigenvalue weighted by atomic mass is 10.2. The Morgan fingerprint density at radius 2 is 1.95 bits per heavy atom. The highest BCUT2D eigenvalue weighted by atomic mass is 35.5. The van der Waals surface area contributed by atoms with E-state index < -0.39 is 28.9 Å². The Bertz CT molecular complexity index is 533. The molecule has 0 aromatic heterocycles. The van der Waals surface area contributed by atoms with Gasteiger partial charge >= 0.3 is 12.2 Å². The number of amides is 2. The highest BCUT2D eigenvalue weighted by Crippen LogP contribution is 2.36. The predicted molar refractivity (Wildman–Crippen MR) is 79.0 cm³/mol. The van der Waals surface area contributed by atoms with Crippen molar-refractivity contribution < 1.29 is 23.1 Å². The van der Waals surface area contributed by atoms with Crippen LogP contribution < -0.4 is 5.32 Å². The number of aliphatic hydroxyl groups excluding tert-OH is 1. The van der Waals surface area contributed by atoms with E-state index in [0.29, 0.717) is 0 Å². The Hall–Kier alpha value is -1.47. The van der Waals surface area contributed by atoms with Crippen molar-refractivity contribution in [3.05, 3.63) is 28.8 Å². The third-order valence-electron chi connectivity index (χ3n) is 2.87. The Morgan fingerprint density at radius 1 is 1.36 bits per heavy atom. The normalized spacial score (nSPS) is 13.1. The van der Waals surface area contributed by atoms with Crippen molar-refractivity contribution in [2.24, 2.45) is 0 Å². The summed E-state index contributed by atoms with van der Waals surface area (Å²) in [6, 6.07) is 2.33. The first-order valence-corrected chi connectivity index (χ1v) is 7.02. The predicted octanol–water partition coefficient (Wildman–Crippen LogP) is 3.98. The average Bonchev–Trinajstić information content (AvgIpc) is 2.36. The molecule has 0 saturated carbocycles. The third-order valence-corrected chi connectivity index (χ3v) is 3.20. The molecule has 0 heterocycles. The first-order chi connectivity index (χ1) is 10.0. The van der Waals surface area contributed by atoms with Gasteiger partial charge in [-0.05, 0) is 39.0 Å². The van der Waals surface area contributed by atoms with Crippen molar-refractivity contribution in [1.82, 2.24) is 4.90 Å². The van der Waals surface area contributed by atoms with Gasteiger partial charge in [0.1, 0.15) is 0 Å². The molecule has 1 unspecified atom stereocenters. The molecule has 0 aliphatic rings. The van der Waals surface area contributed by atoms with Gasteiger partial charge in [0.2, 0.25) is 0 Å². The van der Waals surface area contributed by atoms with Gasteiger partial charge in [0.15, 0.2) is 0 Å². The molecule has 0 radical (unpaired) electrons. The van der Waals surface area contributed by atoms with Crippen LogP contribution in [0.4, 0.5) is 23.7 Å². The number of rotatable bonds is 4. The summed E-state index contributed by atoms with van der Waals surface area (Å²) >= 11 is 5.52. The van der Waals surface area contributed by atoms with E-state index in [2.05, 4.69) is 5.32 Å². The van der Waals surface area contributed by atoms with Crippen LogP contribution in [0.15, 0.2) is 18.2 Å². The van der Waals surface area contributed by atoms with Gasteiger partial charge in [0.05, 0.1) is 16.7 Å². The van der Waals surface area contributed by atoms with Crippen LogP contribution in [0.2, 0.25) is 5.02 Å². The van der Waals surface area contributed by atoms with Crippen molar-refractivity contribution >= 4 is 23.3 Å². The number of nitrogens with zero attached hydrogens (tertiary/aromatic N) is 1. The van der Waals surface area contributed by atoms with Crippen LogP contribution in [0.3, 0.4) is 0 Å². The average molecular weight is 339 g/mol. The van der Waals surface area contributed by atoms with Crippen molar-refractivity contribution in [1.29, 1.82) is 0 Å². The van der Waals surface area contributed by atoms with Gasteiger partial charge in [0.25, 0.3) is 0 Å². The number of halogens is 4. The van der Waals surface area contributed by atoms with Gasteiger partial charge in [-0.15, -0.1) is 0 Å². The van der Waals surface area contributed by atoms with Crippen LogP contribution in [0.25, 0.3) is 0 Å². The van der Waals surface area contributed by atoms with Crippen LogP contribution in [0, 0.1) is 0 Å². The molecule has 0 aliphatic heterocycles. The van der Waals surface area contributed by atoms with Crippen LogP contribution >= 0.6 is 11.6 Å². The number of hydrogen-bond acceptors (Lipinski definition) is 2. The minimum Gasteiger partial charge on any atom is -0.392 e. The van der Waals surface area contributed by atoms with E-state index >= 15 is 0 Å². The highest BCUT2D eigenvalue weighted by Gasteiger charge is 2.33. The monoisotopic (exact) mass is 338 g/mol. The van der Waals surface area contributed by atoms with Gasteiger partial charge < -0.3 is 15.3 Å². The second-order valence-electron chi connectivity index (χ2n) is 5.22. The van der Waals surface area contributed by atoms with Gasteiger partial charge in [-0.3, -0.25) is 0 Å². The molecule has 1 atom stereocenters. The highest BCUT2D eigenvalue weighted by molar-refractivity contribution is 6.31. The van der Waals surface area contributed by atoms with E-state index in [1.807, 2.05) is 0 Å². The minimum absolute atomic E-state index is 0.0158. The molecular weight excluding hydrogens is 321 g/mol. The number of carbonyl (C=O) groups is 1. The van der Waals surface area contributed by atoms with Crippen molar-refractivity contribution in [2.45, 2.75) is 39.1 Å². The Kier molecular flexibility index (Phi) is 6.08. The topological polar surface area (TPSA) is 52.6 Å². The first-order valence-electron chi connectivity index (χ1n) is 6.64. The number of benzene rings is 1. The van der Waals surface area contributed by atoms with E-state index in [1.165, 1.54) is 17.9 Å². The van der Waals surface area contributed by atoms with Crippen LogP contribution in [-0.2, 0) is 6.18 Å². The second-order valence-corrected chi connectivity index (χ2v) is 5.62. The van der Waals surface area contributed by atoms with Gasteiger partial charge in [-0.1, -0.05) is 11.6 Å². The van der Waals surface area contributed by atoms with Crippen molar-refractivity contribution in [3.63, 3.8) is 0 Å². The Balaban J connectivity index is 2.96. The molecule has 0 saturated heterocycles.